The number of benzene rings is 2. The van der Waals surface area contributed by atoms with Crippen LogP contribution in [0.5, 0.6) is 17.2 Å². The van der Waals surface area contributed by atoms with Crippen molar-refractivity contribution >= 4 is 43.2 Å². The van der Waals surface area contributed by atoms with Gasteiger partial charge in [0, 0.05) is 23.0 Å². The molecule has 2 rings (SSSR count). The van der Waals surface area contributed by atoms with Crippen molar-refractivity contribution in [1.29, 1.82) is 0 Å². The number of hydrogen-bond acceptors (Lipinski definition) is 10. The van der Waals surface area contributed by atoms with Crippen molar-refractivity contribution in [3.05, 3.63) is 54.1 Å². The summed E-state index contributed by atoms with van der Waals surface area (Å²) in [6.07, 6.45) is 0. The highest BCUT2D eigenvalue weighted by molar-refractivity contribution is 8.77. The first kappa shape index (κ1) is 28.4. The molecular weight excluding hydrogens is 501 g/mol. The van der Waals surface area contributed by atoms with Gasteiger partial charge >= 0.3 is 0 Å². The Kier molecular flexibility index (Phi) is 16.7. The third kappa shape index (κ3) is 14.2. The molecule has 0 aliphatic rings. The van der Waals surface area contributed by atoms with Crippen LogP contribution in [-0.2, 0) is 16.1 Å². The summed E-state index contributed by atoms with van der Waals surface area (Å²) < 4.78 is 27.5. The monoisotopic (exact) mass is 532 g/mol. The molecule has 0 aliphatic heterocycles. The zero-order valence-electron chi connectivity index (χ0n) is 18.8. The summed E-state index contributed by atoms with van der Waals surface area (Å²) in [5, 5.41) is 9.02. The van der Waals surface area contributed by atoms with Crippen LogP contribution in [0.1, 0.15) is 5.56 Å². The van der Waals surface area contributed by atoms with E-state index in [4.69, 9.17) is 28.8 Å². The zero-order chi connectivity index (χ0) is 23.4. The normalized spacial score (nSPS) is 10.8. The summed E-state index contributed by atoms with van der Waals surface area (Å²) in [6, 6.07) is 15.1. The molecule has 6 nitrogen and oxygen atoms in total. The minimum Gasteiger partial charge on any atom is -0.497 e. The lowest BCUT2D eigenvalue weighted by Crippen LogP contribution is -2.05. The molecule has 33 heavy (non-hydrogen) atoms. The minimum absolute atomic E-state index is 0.0560. The second-order valence-corrected chi connectivity index (χ2v) is 11.8. The molecule has 0 bridgehead atoms. The van der Waals surface area contributed by atoms with Gasteiger partial charge in [-0.15, -0.1) is 0 Å². The molecule has 0 unspecified atom stereocenters. The standard InChI is InChI=1S/C23H32O6S4/c1-25-21-6-8-23(9-7-21)29-13-17-33-31-15-11-27-19-26-10-14-30-32-16-12-28-22-4-2-20(18-24)3-5-22/h2-9,24H,10-19H2,1H3. The van der Waals surface area contributed by atoms with Crippen molar-refractivity contribution in [3.63, 3.8) is 0 Å². The van der Waals surface area contributed by atoms with Crippen LogP contribution in [0.2, 0.25) is 0 Å². The molecule has 10 heteroatoms. The summed E-state index contributed by atoms with van der Waals surface area (Å²) in [5.41, 5.74) is 0.890. The van der Waals surface area contributed by atoms with Gasteiger partial charge in [0.2, 0.25) is 0 Å². The van der Waals surface area contributed by atoms with Crippen molar-refractivity contribution in [2.45, 2.75) is 6.61 Å². The van der Waals surface area contributed by atoms with Crippen LogP contribution in [0.4, 0.5) is 0 Å². The lowest BCUT2D eigenvalue weighted by atomic mass is 10.2. The van der Waals surface area contributed by atoms with E-state index in [1.165, 1.54) is 0 Å². The summed E-state index contributed by atoms with van der Waals surface area (Å²) in [5.74, 6) is 6.18. The summed E-state index contributed by atoms with van der Waals surface area (Å²) in [7, 11) is 8.76. The maximum atomic E-state index is 9.02. The van der Waals surface area contributed by atoms with Crippen LogP contribution in [0.15, 0.2) is 48.5 Å². The van der Waals surface area contributed by atoms with Crippen LogP contribution < -0.4 is 14.2 Å². The number of ether oxygens (including phenoxy) is 5. The maximum absolute atomic E-state index is 9.02. The van der Waals surface area contributed by atoms with E-state index >= 15 is 0 Å². The number of aliphatic hydroxyl groups is 1. The third-order valence-corrected chi connectivity index (χ3v) is 8.66. The smallest absolute Gasteiger partial charge is 0.146 e. The summed E-state index contributed by atoms with van der Waals surface area (Å²) >= 11 is 0. The molecule has 0 radical (unpaired) electrons. The average molecular weight is 533 g/mol. The topological polar surface area (TPSA) is 66.4 Å². The van der Waals surface area contributed by atoms with E-state index in [9.17, 15) is 0 Å². The van der Waals surface area contributed by atoms with Crippen LogP contribution in [0, 0.1) is 0 Å². The van der Waals surface area contributed by atoms with E-state index in [0.29, 0.717) is 33.2 Å². The van der Waals surface area contributed by atoms with Crippen molar-refractivity contribution in [1.82, 2.24) is 0 Å². The van der Waals surface area contributed by atoms with Gasteiger partial charge in [0.1, 0.15) is 24.0 Å². The molecule has 0 saturated carbocycles. The van der Waals surface area contributed by atoms with E-state index in [-0.39, 0.29) is 6.61 Å². The fourth-order valence-electron chi connectivity index (χ4n) is 2.35. The fourth-order valence-corrected chi connectivity index (χ4v) is 5.73. The van der Waals surface area contributed by atoms with Crippen molar-refractivity contribution in [3.8, 4) is 17.2 Å². The highest BCUT2D eigenvalue weighted by atomic mass is 33.1. The molecule has 2 aromatic rings. The van der Waals surface area contributed by atoms with E-state index in [2.05, 4.69) is 0 Å². The van der Waals surface area contributed by atoms with Crippen LogP contribution in [0.25, 0.3) is 0 Å². The Bertz CT molecular complexity index is 656. The van der Waals surface area contributed by atoms with E-state index in [0.717, 1.165) is 45.8 Å². The molecule has 1 N–H and O–H groups in total. The number of methoxy groups -OCH3 is 1. The van der Waals surface area contributed by atoms with Gasteiger partial charge in [-0.2, -0.15) is 0 Å². The Hall–Kier alpha value is -0.880. The largest absolute Gasteiger partial charge is 0.497 e. The zero-order valence-corrected chi connectivity index (χ0v) is 22.1. The molecule has 0 amide bonds. The predicted molar refractivity (Wildman–Crippen MR) is 143 cm³/mol. The second-order valence-electron chi connectivity index (χ2n) is 6.40. The Morgan fingerprint density at radius 3 is 1.48 bits per heavy atom. The molecule has 0 fully saturated rings. The second kappa shape index (κ2) is 19.4. The molecule has 184 valence electrons. The van der Waals surface area contributed by atoms with Crippen LogP contribution in [0.3, 0.4) is 0 Å². The number of aliphatic hydroxyl groups excluding tert-OH is 1. The molecule has 0 aromatic heterocycles. The van der Waals surface area contributed by atoms with Gasteiger partial charge in [0.15, 0.2) is 0 Å². The van der Waals surface area contributed by atoms with Gasteiger partial charge in [-0.3, -0.25) is 0 Å². The Morgan fingerprint density at radius 1 is 0.606 bits per heavy atom. The number of hydrogen-bond donors (Lipinski definition) is 1. The molecular formula is C23H32O6S4. The molecule has 0 heterocycles. The third-order valence-electron chi connectivity index (χ3n) is 3.99. The first-order chi connectivity index (χ1) is 16.3. The average Bonchev–Trinajstić information content (AvgIpc) is 2.86. The molecule has 0 saturated heterocycles. The quantitative estimate of drug-likeness (QED) is 0.136. The lowest BCUT2D eigenvalue weighted by molar-refractivity contribution is -0.0425. The summed E-state index contributed by atoms with van der Waals surface area (Å²) in [4.78, 5) is 0. The van der Waals surface area contributed by atoms with Gasteiger partial charge < -0.3 is 28.8 Å². The Balaban J connectivity index is 1.27. The highest BCUT2D eigenvalue weighted by Crippen LogP contribution is 2.22. The molecule has 0 spiro atoms. The maximum Gasteiger partial charge on any atom is 0.146 e. The number of rotatable bonds is 20. The minimum atomic E-state index is 0.0560. The lowest BCUT2D eigenvalue weighted by Gasteiger charge is -2.08. The van der Waals surface area contributed by atoms with Gasteiger partial charge in [-0.25, -0.2) is 0 Å². The van der Waals surface area contributed by atoms with E-state index in [1.54, 1.807) is 50.3 Å². The van der Waals surface area contributed by atoms with E-state index in [1.807, 2.05) is 48.5 Å². The fraction of sp³-hybridized carbons (Fsp3) is 0.478. The van der Waals surface area contributed by atoms with Crippen molar-refractivity contribution in [2.75, 3.05) is 63.3 Å². The van der Waals surface area contributed by atoms with Gasteiger partial charge in [-0.1, -0.05) is 55.3 Å². The first-order valence-electron chi connectivity index (χ1n) is 10.6. The summed E-state index contributed by atoms with van der Waals surface area (Å²) in [6.45, 7) is 3.07. The van der Waals surface area contributed by atoms with Crippen molar-refractivity contribution < 1.29 is 28.8 Å². The van der Waals surface area contributed by atoms with Crippen LogP contribution in [-0.4, -0.2) is 68.4 Å². The van der Waals surface area contributed by atoms with Gasteiger partial charge in [-0.05, 0) is 42.0 Å². The predicted octanol–water partition coefficient (Wildman–Crippen LogP) is 5.40. The van der Waals surface area contributed by atoms with Gasteiger partial charge in [0.05, 0.1) is 40.1 Å². The first-order valence-corrected chi connectivity index (χ1v) is 15.5. The Morgan fingerprint density at radius 2 is 1.03 bits per heavy atom. The SMILES string of the molecule is COc1ccc(OCCSSCCOCOCCSSCCOc2ccc(CO)cc2)cc1. The molecule has 0 atom stereocenters. The van der Waals surface area contributed by atoms with Gasteiger partial charge in [0.25, 0.3) is 0 Å². The Labute approximate surface area is 212 Å². The highest BCUT2D eigenvalue weighted by Gasteiger charge is 1.98. The molecule has 2 aromatic carbocycles. The molecule has 0 aliphatic carbocycles. The van der Waals surface area contributed by atoms with Crippen LogP contribution >= 0.6 is 43.2 Å². The van der Waals surface area contributed by atoms with Crippen molar-refractivity contribution in [2.24, 2.45) is 0 Å². The van der Waals surface area contributed by atoms with E-state index < -0.39 is 0 Å².